The van der Waals surface area contributed by atoms with Crippen molar-refractivity contribution in [3.05, 3.63) is 4.77 Å². The highest BCUT2D eigenvalue weighted by molar-refractivity contribution is 7.71. The van der Waals surface area contributed by atoms with Gasteiger partial charge in [-0.3, -0.25) is 4.79 Å². The van der Waals surface area contributed by atoms with E-state index in [0.29, 0.717) is 17.7 Å². The van der Waals surface area contributed by atoms with Gasteiger partial charge in [-0.05, 0) is 19.1 Å². The number of aromatic nitrogens is 4. The molecule has 0 saturated carbocycles. The SMILES string of the molecule is CC(=O)CCn1[nH]nnc1=S. The van der Waals surface area contributed by atoms with Crippen molar-refractivity contribution in [2.45, 2.75) is 19.9 Å². The van der Waals surface area contributed by atoms with Crippen molar-refractivity contribution in [2.75, 3.05) is 0 Å². The minimum absolute atomic E-state index is 0.126. The van der Waals surface area contributed by atoms with Gasteiger partial charge in [0.1, 0.15) is 5.78 Å². The van der Waals surface area contributed by atoms with E-state index in [2.05, 4.69) is 15.5 Å². The van der Waals surface area contributed by atoms with E-state index in [4.69, 9.17) is 12.2 Å². The molecule has 0 aliphatic rings. The van der Waals surface area contributed by atoms with E-state index in [1.807, 2.05) is 0 Å². The highest BCUT2D eigenvalue weighted by Crippen LogP contribution is 1.88. The molecular formula is C5H8N4OS. The topological polar surface area (TPSA) is 63.6 Å². The molecule has 0 radical (unpaired) electrons. The fourth-order valence-corrected chi connectivity index (χ4v) is 0.804. The molecule has 0 atom stereocenters. The lowest BCUT2D eigenvalue weighted by molar-refractivity contribution is -0.117. The number of ketones is 1. The predicted molar refractivity (Wildman–Crippen MR) is 40.5 cm³/mol. The Bertz CT molecular complexity index is 301. The molecule has 0 fully saturated rings. The van der Waals surface area contributed by atoms with Crippen LogP contribution >= 0.6 is 12.2 Å². The Morgan fingerprint density at radius 3 is 3.00 bits per heavy atom. The maximum atomic E-state index is 10.5. The van der Waals surface area contributed by atoms with Crippen LogP contribution in [0.1, 0.15) is 13.3 Å². The average molecular weight is 172 g/mol. The number of hydrogen-bond donors (Lipinski definition) is 1. The van der Waals surface area contributed by atoms with Gasteiger partial charge < -0.3 is 0 Å². The van der Waals surface area contributed by atoms with E-state index >= 15 is 0 Å². The van der Waals surface area contributed by atoms with E-state index < -0.39 is 0 Å². The van der Waals surface area contributed by atoms with E-state index in [1.54, 1.807) is 4.68 Å². The van der Waals surface area contributed by atoms with E-state index in [-0.39, 0.29) is 5.78 Å². The van der Waals surface area contributed by atoms with Gasteiger partial charge in [-0.2, -0.15) is 5.21 Å². The Balaban J connectivity index is 2.58. The molecule has 0 unspecified atom stereocenters. The number of nitrogens with one attached hydrogen (secondary N) is 1. The summed E-state index contributed by atoms with van der Waals surface area (Å²) in [7, 11) is 0. The number of tetrazole rings is 1. The maximum absolute atomic E-state index is 10.5. The highest BCUT2D eigenvalue weighted by atomic mass is 32.1. The van der Waals surface area contributed by atoms with Crippen molar-refractivity contribution in [3.63, 3.8) is 0 Å². The lowest BCUT2D eigenvalue weighted by Crippen LogP contribution is -2.04. The average Bonchev–Trinajstić information content (AvgIpc) is 2.31. The first kappa shape index (κ1) is 8.06. The standard InChI is InChI=1S/C5H8N4OS/c1-4(10)2-3-9-5(11)6-7-8-9/h2-3H2,1H3,(H,6,8,11). The summed E-state index contributed by atoms with van der Waals surface area (Å²) in [6.45, 7) is 2.06. The van der Waals surface area contributed by atoms with E-state index in [1.165, 1.54) is 6.92 Å². The summed E-state index contributed by atoms with van der Waals surface area (Å²) < 4.78 is 1.93. The summed E-state index contributed by atoms with van der Waals surface area (Å²) in [5.41, 5.74) is 0. The Morgan fingerprint density at radius 2 is 2.55 bits per heavy atom. The molecule has 60 valence electrons. The van der Waals surface area contributed by atoms with Gasteiger partial charge >= 0.3 is 0 Å². The Morgan fingerprint density at radius 1 is 1.82 bits per heavy atom. The molecule has 0 spiro atoms. The third-order valence-corrected chi connectivity index (χ3v) is 1.52. The summed E-state index contributed by atoms with van der Waals surface area (Å²) in [6, 6.07) is 0. The number of nitrogens with zero attached hydrogens (tertiary/aromatic N) is 3. The van der Waals surface area contributed by atoms with Crippen LogP contribution in [0, 0.1) is 4.77 Å². The third-order valence-electron chi connectivity index (χ3n) is 1.22. The van der Waals surface area contributed by atoms with E-state index in [0.717, 1.165) is 0 Å². The number of carbonyl (C=O) groups is 1. The first-order valence-electron chi connectivity index (χ1n) is 3.17. The molecule has 1 rings (SSSR count). The van der Waals surface area contributed by atoms with Crippen LogP contribution in [0.15, 0.2) is 0 Å². The van der Waals surface area contributed by atoms with Crippen molar-refractivity contribution >= 4 is 18.0 Å². The molecule has 0 amide bonds. The fraction of sp³-hybridized carbons (Fsp3) is 0.600. The largest absolute Gasteiger partial charge is 0.300 e. The number of aryl methyl sites for hydroxylation is 1. The molecule has 6 heteroatoms. The molecule has 1 heterocycles. The summed E-state index contributed by atoms with van der Waals surface area (Å²) in [4.78, 5) is 10.5. The van der Waals surface area contributed by atoms with Gasteiger partial charge in [0.2, 0.25) is 4.77 Å². The zero-order chi connectivity index (χ0) is 8.27. The second kappa shape index (κ2) is 3.38. The molecule has 0 saturated heterocycles. The maximum Gasteiger partial charge on any atom is 0.238 e. The molecule has 0 aromatic carbocycles. The molecule has 0 aliphatic heterocycles. The number of hydrogen-bond acceptors (Lipinski definition) is 4. The Kier molecular flexibility index (Phi) is 2.48. The second-order valence-corrected chi connectivity index (χ2v) is 2.55. The predicted octanol–water partition coefficient (Wildman–Crippen LogP) is 0.315. The number of rotatable bonds is 3. The van der Waals surface area contributed by atoms with Gasteiger partial charge in [0.25, 0.3) is 0 Å². The smallest absolute Gasteiger partial charge is 0.238 e. The molecule has 0 aliphatic carbocycles. The minimum atomic E-state index is 0.126. The van der Waals surface area contributed by atoms with Crippen LogP contribution in [0.4, 0.5) is 0 Å². The van der Waals surface area contributed by atoms with Crippen molar-refractivity contribution in [2.24, 2.45) is 0 Å². The zero-order valence-corrected chi connectivity index (χ0v) is 6.89. The normalized spacial score (nSPS) is 9.91. The van der Waals surface area contributed by atoms with Crippen LogP contribution in [-0.2, 0) is 11.3 Å². The monoisotopic (exact) mass is 172 g/mol. The third kappa shape index (κ3) is 2.23. The molecule has 5 nitrogen and oxygen atoms in total. The zero-order valence-electron chi connectivity index (χ0n) is 6.07. The minimum Gasteiger partial charge on any atom is -0.300 e. The van der Waals surface area contributed by atoms with Crippen LogP contribution in [0.25, 0.3) is 0 Å². The van der Waals surface area contributed by atoms with Crippen LogP contribution < -0.4 is 0 Å². The lowest BCUT2D eigenvalue weighted by Gasteiger charge is -1.95. The number of carbonyl (C=O) groups excluding carboxylic acids is 1. The quantitative estimate of drug-likeness (QED) is 0.667. The van der Waals surface area contributed by atoms with Crippen LogP contribution in [0.3, 0.4) is 0 Å². The van der Waals surface area contributed by atoms with Crippen molar-refractivity contribution < 1.29 is 4.79 Å². The van der Waals surface area contributed by atoms with Crippen molar-refractivity contribution in [3.8, 4) is 0 Å². The summed E-state index contributed by atoms with van der Waals surface area (Å²) in [6.07, 6.45) is 0.457. The summed E-state index contributed by atoms with van der Waals surface area (Å²) in [5, 5.41) is 9.59. The summed E-state index contributed by atoms with van der Waals surface area (Å²) >= 11 is 4.78. The van der Waals surface area contributed by atoms with Gasteiger partial charge in [0, 0.05) is 6.42 Å². The fourth-order valence-electron chi connectivity index (χ4n) is 0.631. The number of Topliss-reactive ketones (excluding diaryl/α,β-unsaturated/α-hetero) is 1. The van der Waals surface area contributed by atoms with Crippen molar-refractivity contribution in [1.82, 2.24) is 20.2 Å². The first-order chi connectivity index (χ1) is 5.20. The van der Waals surface area contributed by atoms with Gasteiger partial charge in [0.15, 0.2) is 0 Å². The Labute approximate surface area is 68.4 Å². The van der Waals surface area contributed by atoms with Crippen molar-refractivity contribution in [1.29, 1.82) is 0 Å². The number of aromatic amines is 1. The van der Waals surface area contributed by atoms with Gasteiger partial charge in [-0.1, -0.05) is 10.3 Å². The molecule has 11 heavy (non-hydrogen) atoms. The molecule has 0 bridgehead atoms. The Hall–Kier alpha value is -1.04. The number of H-pyrrole nitrogens is 1. The summed E-state index contributed by atoms with van der Waals surface area (Å²) in [5.74, 6) is 0.126. The molecule has 1 aromatic rings. The van der Waals surface area contributed by atoms with Gasteiger partial charge in [-0.15, -0.1) is 0 Å². The lowest BCUT2D eigenvalue weighted by atomic mass is 10.3. The molecular weight excluding hydrogens is 164 g/mol. The first-order valence-corrected chi connectivity index (χ1v) is 3.58. The van der Waals surface area contributed by atoms with E-state index in [9.17, 15) is 4.79 Å². The molecule has 1 aromatic heterocycles. The van der Waals surface area contributed by atoms with Gasteiger partial charge in [0.05, 0.1) is 6.54 Å². The second-order valence-electron chi connectivity index (χ2n) is 2.19. The van der Waals surface area contributed by atoms with Crippen LogP contribution in [0.2, 0.25) is 0 Å². The molecule has 1 N–H and O–H groups in total. The highest BCUT2D eigenvalue weighted by Gasteiger charge is 1.96. The van der Waals surface area contributed by atoms with Crippen LogP contribution in [-0.4, -0.2) is 26.0 Å². The van der Waals surface area contributed by atoms with Gasteiger partial charge in [-0.25, -0.2) is 4.68 Å². The van der Waals surface area contributed by atoms with Crippen LogP contribution in [0.5, 0.6) is 0 Å².